The van der Waals surface area contributed by atoms with Crippen LogP contribution >= 0.6 is 0 Å². The van der Waals surface area contributed by atoms with Crippen molar-refractivity contribution in [2.45, 2.75) is 19.8 Å². The van der Waals surface area contributed by atoms with Crippen LogP contribution in [0.3, 0.4) is 0 Å². The molecular weight excluding hydrogens is 462 g/mol. The molecule has 4 aromatic carbocycles. The number of hydrogen-bond acceptors (Lipinski definition) is 2. The summed E-state index contributed by atoms with van der Waals surface area (Å²) >= 11 is 0. The van der Waals surface area contributed by atoms with Gasteiger partial charge in [-0.3, -0.25) is 0 Å². The van der Waals surface area contributed by atoms with Crippen molar-refractivity contribution < 1.29 is 4.42 Å². The van der Waals surface area contributed by atoms with E-state index in [1.54, 1.807) is 0 Å². The normalized spacial score (nSPS) is 12.5. The van der Waals surface area contributed by atoms with E-state index in [0.29, 0.717) is 0 Å². The van der Waals surface area contributed by atoms with Crippen LogP contribution in [0.5, 0.6) is 0 Å². The van der Waals surface area contributed by atoms with Gasteiger partial charge in [-0.25, -0.2) is 0 Å². The zero-order valence-corrected chi connectivity index (χ0v) is 21.6. The van der Waals surface area contributed by atoms with Gasteiger partial charge in [0, 0.05) is 17.0 Å². The number of fused-ring (bicyclic) bond motifs is 3. The maximum Gasteiger partial charge on any atom is 0.138 e. The minimum absolute atomic E-state index is 0.733. The molecule has 0 aliphatic carbocycles. The molecule has 38 heavy (non-hydrogen) atoms. The lowest BCUT2D eigenvalue weighted by molar-refractivity contribution is 0.664. The molecule has 0 spiro atoms. The third-order valence-corrected chi connectivity index (χ3v) is 6.60. The van der Waals surface area contributed by atoms with Gasteiger partial charge < -0.3 is 9.83 Å². The van der Waals surface area contributed by atoms with E-state index in [9.17, 15) is 0 Å². The summed E-state index contributed by atoms with van der Waals surface area (Å²) in [5, 5.41) is 9.78. The van der Waals surface area contributed by atoms with Crippen LogP contribution in [-0.2, 0) is 6.42 Å². The van der Waals surface area contributed by atoms with E-state index in [1.165, 1.54) is 17.4 Å². The molecule has 0 aliphatic heterocycles. The van der Waals surface area contributed by atoms with Crippen LogP contribution in [0.15, 0.2) is 138 Å². The molecule has 2 nitrogen and oxygen atoms in total. The Morgan fingerprint density at radius 2 is 1.53 bits per heavy atom. The molecule has 0 fully saturated rings. The first-order valence-corrected chi connectivity index (χ1v) is 13.1. The molecule has 0 atom stereocenters. The molecule has 0 bridgehead atoms. The molecule has 0 saturated heterocycles. The fourth-order valence-electron chi connectivity index (χ4n) is 4.62. The number of nitrogens with one attached hydrogen (secondary N) is 1. The summed E-state index contributed by atoms with van der Waals surface area (Å²) in [6.07, 6.45) is 18.0. The summed E-state index contributed by atoms with van der Waals surface area (Å²) in [6, 6.07) is 31.3. The first-order chi connectivity index (χ1) is 18.8. The van der Waals surface area contributed by atoms with E-state index in [2.05, 4.69) is 110 Å². The Hall–Kier alpha value is -4.69. The largest absolute Gasteiger partial charge is 0.456 e. The lowest BCUT2D eigenvalue weighted by atomic mass is 9.96. The van der Waals surface area contributed by atoms with E-state index < -0.39 is 0 Å². The zero-order chi connectivity index (χ0) is 26.2. The maximum atomic E-state index is 7.53. The highest BCUT2D eigenvalue weighted by Gasteiger charge is 2.13. The van der Waals surface area contributed by atoms with Crippen molar-refractivity contribution in [3.8, 4) is 11.1 Å². The Kier molecular flexibility index (Phi) is 7.91. The predicted molar refractivity (Wildman–Crippen MR) is 163 cm³/mol. The molecule has 0 aliphatic rings. The number of para-hydroxylation sites is 1. The Labute approximate surface area is 224 Å². The highest BCUT2D eigenvalue weighted by atomic mass is 16.3. The van der Waals surface area contributed by atoms with Gasteiger partial charge in [-0.1, -0.05) is 122 Å². The highest BCUT2D eigenvalue weighted by molar-refractivity contribution is 6.07. The average Bonchev–Trinajstić information content (AvgIpc) is 3.35. The van der Waals surface area contributed by atoms with Crippen molar-refractivity contribution in [1.82, 2.24) is 0 Å². The molecule has 0 unspecified atom stereocenters. The van der Waals surface area contributed by atoms with Gasteiger partial charge in [0.2, 0.25) is 0 Å². The standard InChI is InChI=1S/C36H31NO/c1-2-3-4-5-6-8-15-29(28-13-9-7-10-14-28)22-23-31-24-32(30-20-18-27(26-37)19-21-30)25-34-33-16-11-12-17-35(33)38-36(31)34/h3-22,24-26,37H,2,23H2,1H3/b4-3-,6-5-,15-8+,29-22+,37-26?. The van der Waals surface area contributed by atoms with Crippen LogP contribution in [-0.4, -0.2) is 6.21 Å². The van der Waals surface area contributed by atoms with Crippen LogP contribution in [0.25, 0.3) is 38.6 Å². The Morgan fingerprint density at radius 3 is 2.32 bits per heavy atom. The van der Waals surface area contributed by atoms with Crippen LogP contribution < -0.4 is 0 Å². The fourth-order valence-corrected chi connectivity index (χ4v) is 4.62. The number of rotatable bonds is 9. The zero-order valence-electron chi connectivity index (χ0n) is 21.6. The van der Waals surface area contributed by atoms with Crippen molar-refractivity contribution in [2.75, 3.05) is 0 Å². The fraction of sp³-hybridized carbons (Fsp3) is 0.0833. The first kappa shape index (κ1) is 25.0. The van der Waals surface area contributed by atoms with Gasteiger partial charge in [0.1, 0.15) is 11.2 Å². The van der Waals surface area contributed by atoms with Crippen molar-refractivity contribution in [3.05, 3.63) is 150 Å². The van der Waals surface area contributed by atoms with Crippen LogP contribution in [0.2, 0.25) is 0 Å². The van der Waals surface area contributed by atoms with E-state index >= 15 is 0 Å². The summed E-state index contributed by atoms with van der Waals surface area (Å²) in [7, 11) is 0. The molecular formula is C36H31NO. The van der Waals surface area contributed by atoms with E-state index in [0.717, 1.165) is 57.0 Å². The maximum absolute atomic E-state index is 7.53. The van der Waals surface area contributed by atoms with E-state index in [-0.39, 0.29) is 0 Å². The predicted octanol–water partition coefficient (Wildman–Crippen LogP) is 9.96. The number of allylic oxidation sites excluding steroid dienone is 8. The van der Waals surface area contributed by atoms with Gasteiger partial charge in [-0.2, -0.15) is 0 Å². The Morgan fingerprint density at radius 1 is 0.763 bits per heavy atom. The summed E-state index contributed by atoms with van der Waals surface area (Å²) in [5.41, 5.74) is 8.49. The van der Waals surface area contributed by atoms with Crippen LogP contribution in [0.4, 0.5) is 0 Å². The van der Waals surface area contributed by atoms with Gasteiger partial charge in [0.05, 0.1) is 0 Å². The van der Waals surface area contributed by atoms with Gasteiger partial charge in [-0.15, -0.1) is 0 Å². The van der Waals surface area contributed by atoms with Crippen molar-refractivity contribution >= 4 is 33.7 Å². The topological polar surface area (TPSA) is 37.0 Å². The molecule has 1 aromatic heterocycles. The summed E-state index contributed by atoms with van der Waals surface area (Å²) < 4.78 is 6.39. The molecule has 186 valence electrons. The van der Waals surface area contributed by atoms with E-state index in [4.69, 9.17) is 9.83 Å². The smallest absolute Gasteiger partial charge is 0.138 e. The Balaban J connectivity index is 1.59. The molecule has 0 radical (unpaired) electrons. The molecule has 0 saturated carbocycles. The number of furan rings is 1. The molecule has 5 aromatic rings. The average molecular weight is 494 g/mol. The minimum atomic E-state index is 0.733. The summed E-state index contributed by atoms with van der Waals surface area (Å²) in [6.45, 7) is 2.13. The van der Waals surface area contributed by atoms with Crippen LogP contribution in [0, 0.1) is 5.41 Å². The quantitative estimate of drug-likeness (QED) is 0.161. The molecule has 0 amide bonds. The van der Waals surface area contributed by atoms with Gasteiger partial charge in [0.25, 0.3) is 0 Å². The molecule has 1 heterocycles. The third-order valence-electron chi connectivity index (χ3n) is 6.60. The second-order valence-electron chi connectivity index (χ2n) is 9.19. The second kappa shape index (κ2) is 12.0. The lowest BCUT2D eigenvalue weighted by Crippen LogP contribution is -1.89. The summed E-state index contributed by atoms with van der Waals surface area (Å²) in [5.74, 6) is 0. The Bertz CT molecular complexity index is 1660. The first-order valence-electron chi connectivity index (χ1n) is 13.1. The van der Waals surface area contributed by atoms with Crippen molar-refractivity contribution in [1.29, 1.82) is 5.41 Å². The number of benzene rings is 4. The minimum Gasteiger partial charge on any atom is -0.456 e. The lowest BCUT2D eigenvalue weighted by Gasteiger charge is -2.08. The van der Waals surface area contributed by atoms with Crippen molar-refractivity contribution in [3.63, 3.8) is 0 Å². The molecule has 2 heteroatoms. The number of hydrogen-bond donors (Lipinski definition) is 1. The van der Waals surface area contributed by atoms with Gasteiger partial charge >= 0.3 is 0 Å². The highest BCUT2D eigenvalue weighted by Crippen LogP contribution is 2.36. The van der Waals surface area contributed by atoms with Gasteiger partial charge in [-0.05, 0) is 64.4 Å². The van der Waals surface area contributed by atoms with Gasteiger partial charge in [0.15, 0.2) is 0 Å². The van der Waals surface area contributed by atoms with Crippen molar-refractivity contribution in [2.24, 2.45) is 0 Å². The SMILES string of the molecule is CC\C=C/C=C\C=C\C(=C/Cc1cc(-c2ccc(C=N)cc2)cc2c1oc1ccccc12)c1ccccc1. The van der Waals surface area contributed by atoms with Crippen LogP contribution in [0.1, 0.15) is 30.0 Å². The molecule has 1 N–H and O–H groups in total. The molecule has 5 rings (SSSR count). The summed E-state index contributed by atoms with van der Waals surface area (Å²) in [4.78, 5) is 0. The van der Waals surface area contributed by atoms with E-state index in [1.807, 2.05) is 30.3 Å². The third kappa shape index (κ3) is 5.66. The monoisotopic (exact) mass is 493 g/mol. The second-order valence-corrected chi connectivity index (χ2v) is 9.19.